The molecule has 2 unspecified atom stereocenters. The van der Waals surface area contributed by atoms with Gasteiger partial charge in [0.05, 0.1) is 0 Å². The lowest BCUT2D eigenvalue weighted by Crippen LogP contribution is -2.53. The molecule has 1 fully saturated rings. The van der Waals surface area contributed by atoms with Crippen LogP contribution in [0.2, 0.25) is 0 Å². The molecule has 1 amide bonds. The quantitative estimate of drug-likeness (QED) is 0.895. The predicted molar refractivity (Wildman–Crippen MR) is 88.6 cm³/mol. The van der Waals surface area contributed by atoms with Crippen molar-refractivity contribution in [3.63, 3.8) is 0 Å². The Balaban J connectivity index is 2.04. The number of carbonyl (C=O) groups is 1. The zero-order valence-corrected chi connectivity index (χ0v) is 14.1. The van der Waals surface area contributed by atoms with E-state index in [-0.39, 0.29) is 17.4 Å². The molecule has 0 radical (unpaired) electrons. The molecule has 1 aromatic rings. The molecular weight excluding hydrogens is 282 g/mol. The molecule has 1 aliphatic heterocycles. The van der Waals surface area contributed by atoms with E-state index < -0.39 is 0 Å². The number of carbonyl (C=O) groups excluding carboxylic acids is 1. The number of nitrogens with zero attached hydrogens (tertiary/aromatic N) is 1. The van der Waals surface area contributed by atoms with Crippen molar-refractivity contribution in [3.8, 4) is 0 Å². The van der Waals surface area contributed by atoms with E-state index in [0.717, 1.165) is 26.1 Å². The molecule has 2 heterocycles. The Morgan fingerprint density at radius 1 is 1.48 bits per heavy atom. The normalized spacial score (nSPS) is 24.0. The molecule has 5 heteroatoms. The molecule has 1 saturated heterocycles. The van der Waals surface area contributed by atoms with E-state index in [1.165, 1.54) is 4.88 Å². The molecule has 2 atom stereocenters. The van der Waals surface area contributed by atoms with Gasteiger partial charge in [0.1, 0.15) is 0 Å². The fraction of sp³-hybridized carbons (Fsp3) is 0.688. The Morgan fingerprint density at radius 3 is 2.81 bits per heavy atom. The summed E-state index contributed by atoms with van der Waals surface area (Å²) >= 11 is 1.81. The molecule has 1 aliphatic rings. The Morgan fingerprint density at radius 2 is 2.24 bits per heavy atom. The molecule has 2 rings (SSSR count). The van der Waals surface area contributed by atoms with Gasteiger partial charge in [-0.3, -0.25) is 9.69 Å². The third-order valence-corrected chi connectivity index (χ3v) is 4.97. The van der Waals surface area contributed by atoms with Crippen molar-refractivity contribution in [1.29, 1.82) is 0 Å². The summed E-state index contributed by atoms with van der Waals surface area (Å²) in [6, 6.07) is 4.51. The lowest BCUT2D eigenvalue weighted by Gasteiger charge is -2.38. The van der Waals surface area contributed by atoms with Gasteiger partial charge in [-0.1, -0.05) is 26.8 Å². The van der Waals surface area contributed by atoms with Gasteiger partial charge in [0.2, 0.25) is 5.91 Å². The molecule has 118 valence electrons. The molecule has 0 saturated carbocycles. The summed E-state index contributed by atoms with van der Waals surface area (Å²) in [6.45, 7) is 9.38. The van der Waals surface area contributed by atoms with Crippen LogP contribution in [0.15, 0.2) is 17.5 Å². The lowest BCUT2D eigenvalue weighted by molar-refractivity contribution is -0.129. The van der Waals surface area contributed by atoms with Gasteiger partial charge < -0.3 is 11.1 Å². The van der Waals surface area contributed by atoms with Crippen LogP contribution < -0.4 is 11.1 Å². The number of nitrogens with two attached hydrogens (primary N) is 1. The fourth-order valence-electron chi connectivity index (χ4n) is 2.79. The molecule has 21 heavy (non-hydrogen) atoms. The van der Waals surface area contributed by atoms with E-state index in [1.807, 2.05) is 20.8 Å². The third kappa shape index (κ3) is 4.53. The van der Waals surface area contributed by atoms with Crippen LogP contribution in [0.4, 0.5) is 0 Å². The topological polar surface area (TPSA) is 58.4 Å². The number of nitrogens with one attached hydrogen (secondary N) is 1. The Hall–Kier alpha value is -0.910. The number of hydrogen-bond donors (Lipinski definition) is 2. The van der Waals surface area contributed by atoms with Crippen LogP contribution in [0.1, 0.15) is 38.0 Å². The van der Waals surface area contributed by atoms with E-state index in [2.05, 4.69) is 27.7 Å². The summed E-state index contributed by atoms with van der Waals surface area (Å²) in [5.41, 5.74) is 5.37. The zero-order chi connectivity index (χ0) is 15.5. The maximum atomic E-state index is 12.2. The fourth-order valence-corrected chi connectivity index (χ4v) is 3.63. The summed E-state index contributed by atoms with van der Waals surface area (Å²) in [7, 11) is 0. The summed E-state index contributed by atoms with van der Waals surface area (Å²) in [4.78, 5) is 16.0. The highest BCUT2D eigenvalue weighted by atomic mass is 32.1. The van der Waals surface area contributed by atoms with Crippen molar-refractivity contribution in [2.75, 3.05) is 26.2 Å². The van der Waals surface area contributed by atoms with Gasteiger partial charge in [-0.25, -0.2) is 0 Å². The molecule has 4 nitrogen and oxygen atoms in total. The highest BCUT2D eigenvalue weighted by Crippen LogP contribution is 2.30. The second-order valence-corrected chi connectivity index (χ2v) is 7.90. The van der Waals surface area contributed by atoms with Gasteiger partial charge in [0.25, 0.3) is 0 Å². The van der Waals surface area contributed by atoms with Crippen LogP contribution in [0, 0.1) is 5.41 Å². The number of hydrogen-bond acceptors (Lipinski definition) is 4. The van der Waals surface area contributed by atoms with E-state index in [0.29, 0.717) is 12.5 Å². The molecule has 0 bridgehead atoms. The SMILES string of the molecule is CC(C)(C)C(=O)NC1CC(c2cccs2)CN(CCN)C1. The van der Waals surface area contributed by atoms with Crippen LogP contribution in [0.3, 0.4) is 0 Å². The van der Waals surface area contributed by atoms with E-state index in [4.69, 9.17) is 5.73 Å². The van der Waals surface area contributed by atoms with Gasteiger partial charge in [-0.15, -0.1) is 11.3 Å². The Labute approximate surface area is 131 Å². The molecular formula is C16H27N3OS. The number of amides is 1. The molecule has 0 aliphatic carbocycles. The standard InChI is InChI=1S/C16H27N3OS/c1-16(2,3)15(20)18-13-9-12(14-5-4-8-21-14)10-19(11-13)7-6-17/h4-5,8,12-13H,6-7,9-11,17H2,1-3H3,(H,18,20). The minimum Gasteiger partial charge on any atom is -0.352 e. The Kier molecular flexibility index (Phi) is 5.41. The second kappa shape index (κ2) is 6.90. The van der Waals surface area contributed by atoms with Gasteiger partial charge >= 0.3 is 0 Å². The van der Waals surface area contributed by atoms with Crippen molar-refractivity contribution >= 4 is 17.2 Å². The molecule has 0 spiro atoms. The van der Waals surface area contributed by atoms with Crippen LogP contribution in [-0.2, 0) is 4.79 Å². The monoisotopic (exact) mass is 309 g/mol. The van der Waals surface area contributed by atoms with E-state index >= 15 is 0 Å². The highest BCUT2D eigenvalue weighted by Gasteiger charge is 2.31. The Bertz CT molecular complexity index is 453. The summed E-state index contributed by atoms with van der Waals surface area (Å²) in [6.07, 6.45) is 1.02. The highest BCUT2D eigenvalue weighted by molar-refractivity contribution is 7.10. The summed E-state index contributed by atoms with van der Waals surface area (Å²) in [5, 5.41) is 5.35. The van der Waals surface area contributed by atoms with Gasteiger partial charge in [0.15, 0.2) is 0 Å². The van der Waals surface area contributed by atoms with Crippen LogP contribution in [0.25, 0.3) is 0 Å². The van der Waals surface area contributed by atoms with Crippen molar-refractivity contribution in [1.82, 2.24) is 10.2 Å². The van der Waals surface area contributed by atoms with Crippen LogP contribution in [0.5, 0.6) is 0 Å². The number of rotatable bonds is 4. The first kappa shape index (κ1) is 16.5. The number of likely N-dealkylation sites (tertiary alicyclic amines) is 1. The second-order valence-electron chi connectivity index (χ2n) is 6.92. The maximum Gasteiger partial charge on any atom is 0.225 e. The molecule has 0 aromatic carbocycles. The predicted octanol–water partition coefficient (Wildman–Crippen LogP) is 2.03. The summed E-state index contributed by atoms with van der Waals surface area (Å²) in [5.74, 6) is 0.627. The average Bonchev–Trinajstić information content (AvgIpc) is 2.91. The first-order valence-corrected chi connectivity index (χ1v) is 8.55. The summed E-state index contributed by atoms with van der Waals surface area (Å²) < 4.78 is 0. The van der Waals surface area contributed by atoms with E-state index in [9.17, 15) is 4.79 Å². The average molecular weight is 309 g/mol. The maximum absolute atomic E-state index is 12.2. The van der Waals surface area contributed by atoms with Gasteiger partial charge in [0, 0.05) is 48.4 Å². The van der Waals surface area contributed by atoms with Crippen molar-refractivity contribution in [2.45, 2.75) is 39.2 Å². The van der Waals surface area contributed by atoms with Gasteiger partial charge in [-0.05, 0) is 17.9 Å². The van der Waals surface area contributed by atoms with Gasteiger partial charge in [-0.2, -0.15) is 0 Å². The van der Waals surface area contributed by atoms with Crippen LogP contribution >= 0.6 is 11.3 Å². The van der Waals surface area contributed by atoms with Crippen molar-refractivity contribution < 1.29 is 4.79 Å². The van der Waals surface area contributed by atoms with E-state index in [1.54, 1.807) is 11.3 Å². The molecule has 1 aromatic heterocycles. The van der Waals surface area contributed by atoms with Crippen LogP contribution in [-0.4, -0.2) is 43.0 Å². The van der Waals surface area contributed by atoms with Crippen molar-refractivity contribution in [2.24, 2.45) is 11.1 Å². The minimum absolute atomic E-state index is 0.132. The first-order valence-electron chi connectivity index (χ1n) is 7.67. The number of thiophene rings is 1. The number of piperidine rings is 1. The zero-order valence-electron chi connectivity index (χ0n) is 13.3. The first-order chi connectivity index (χ1) is 9.90. The molecule has 3 N–H and O–H groups in total. The lowest BCUT2D eigenvalue weighted by atomic mass is 9.90. The smallest absolute Gasteiger partial charge is 0.225 e. The third-order valence-electron chi connectivity index (χ3n) is 3.93. The minimum atomic E-state index is -0.339. The van der Waals surface area contributed by atoms with Crippen molar-refractivity contribution in [3.05, 3.63) is 22.4 Å². The largest absolute Gasteiger partial charge is 0.352 e.